The maximum atomic E-state index is 12.1. The van der Waals surface area contributed by atoms with Gasteiger partial charge in [0.15, 0.2) is 11.9 Å². The summed E-state index contributed by atoms with van der Waals surface area (Å²) in [7, 11) is 0. The van der Waals surface area contributed by atoms with E-state index in [1.807, 2.05) is 24.3 Å². The van der Waals surface area contributed by atoms with Crippen molar-refractivity contribution < 1.29 is 9.47 Å². The number of para-hydroxylation sites is 1. The van der Waals surface area contributed by atoms with Gasteiger partial charge in [0.05, 0.1) is 24.5 Å². The molecule has 21 heavy (non-hydrogen) atoms. The molecule has 0 bridgehead atoms. The monoisotopic (exact) mass is 302 g/mol. The number of fused-ring (bicyclic) bond motifs is 2. The molecule has 5 nitrogen and oxygen atoms in total. The predicted molar refractivity (Wildman–Crippen MR) is 78.8 cm³/mol. The maximum Gasteiger partial charge on any atom is 0.256 e. The van der Waals surface area contributed by atoms with E-state index in [2.05, 4.69) is 9.97 Å². The van der Waals surface area contributed by atoms with Crippen LogP contribution in [0, 0.1) is 0 Å². The third-order valence-electron chi connectivity index (χ3n) is 3.66. The van der Waals surface area contributed by atoms with E-state index in [9.17, 15) is 4.79 Å². The van der Waals surface area contributed by atoms with Crippen molar-refractivity contribution in [3.05, 3.63) is 51.7 Å². The molecule has 1 aromatic carbocycles. The Kier molecular flexibility index (Phi) is 3.20. The van der Waals surface area contributed by atoms with Crippen LogP contribution >= 0.6 is 11.8 Å². The molecule has 0 amide bonds. The van der Waals surface area contributed by atoms with Gasteiger partial charge >= 0.3 is 0 Å². The summed E-state index contributed by atoms with van der Waals surface area (Å²) in [6.07, 6.45) is 0.466. The number of ether oxygens (including phenoxy) is 2. The molecule has 2 aliphatic rings. The second-order valence-corrected chi connectivity index (χ2v) is 6.11. The molecule has 1 aromatic heterocycles. The summed E-state index contributed by atoms with van der Waals surface area (Å²) in [5, 5.41) is 0. The van der Waals surface area contributed by atoms with Crippen LogP contribution in [0.25, 0.3) is 0 Å². The van der Waals surface area contributed by atoms with Crippen molar-refractivity contribution in [2.45, 2.75) is 24.0 Å². The van der Waals surface area contributed by atoms with E-state index < -0.39 is 0 Å². The van der Waals surface area contributed by atoms with Crippen LogP contribution in [0.2, 0.25) is 0 Å². The van der Waals surface area contributed by atoms with Crippen molar-refractivity contribution >= 4 is 11.8 Å². The van der Waals surface area contributed by atoms with E-state index in [1.54, 1.807) is 11.8 Å². The number of hydrogen-bond acceptors (Lipinski definition) is 5. The Labute approximate surface area is 125 Å². The zero-order valence-electron chi connectivity index (χ0n) is 11.3. The minimum absolute atomic E-state index is 0.109. The van der Waals surface area contributed by atoms with Crippen molar-refractivity contribution in [1.82, 2.24) is 9.97 Å². The SMILES string of the molecule is O=c1[nH]c(C2CSc3ccccc3O2)nc2c1COCC2. The molecule has 4 rings (SSSR count). The number of aromatic nitrogens is 2. The van der Waals surface area contributed by atoms with Crippen LogP contribution in [-0.4, -0.2) is 22.3 Å². The molecule has 6 heteroatoms. The fourth-order valence-corrected chi connectivity index (χ4v) is 3.56. The lowest BCUT2D eigenvalue weighted by Gasteiger charge is -2.25. The Bertz CT molecular complexity index is 744. The van der Waals surface area contributed by atoms with Crippen molar-refractivity contribution in [3.63, 3.8) is 0 Å². The Morgan fingerprint density at radius 1 is 1.33 bits per heavy atom. The molecule has 0 spiro atoms. The Morgan fingerprint density at radius 2 is 2.24 bits per heavy atom. The normalized spacial score (nSPS) is 20.3. The average molecular weight is 302 g/mol. The van der Waals surface area contributed by atoms with Gasteiger partial charge in [-0.05, 0) is 12.1 Å². The van der Waals surface area contributed by atoms with Crippen LogP contribution in [0.4, 0.5) is 0 Å². The first-order valence-electron chi connectivity index (χ1n) is 6.89. The topological polar surface area (TPSA) is 64.2 Å². The molecule has 1 N–H and O–H groups in total. The number of H-pyrrole nitrogens is 1. The summed E-state index contributed by atoms with van der Waals surface area (Å²) >= 11 is 1.72. The minimum Gasteiger partial charge on any atom is -0.480 e. The molecule has 1 atom stereocenters. The molecule has 0 fully saturated rings. The van der Waals surface area contributed by atoms with Gasteiger partial charge in [-0.3, -0.25) is 4.79 Å². The first-order chi connectivity index (χ1) is 10.3. The summed E-state index contributed by atoms with van der Waals surface area (Å²) in [6, 6.07) is 7.92. The van der Waals surface area contributed by atoms with Gasteiger partial charge in [-0.2, -0.15) is 0 Å². The van der Waals surface area contributed by atoms with Gasteiger partial charge in [-0.25, -0.2) is 4.98 Å². The molecule has 0 aliphatic carbocycles. The quantitative estimate of drug-likeness (QED) is 0.873. The molecule has 0 radical (unpaired) electrons. The van der Waals surface area contributed by atoms with E-state index in [-0.39, 0.29) is 11.7 Å². The number of benzene rings is 1. The standard InChI is InChI=1S/C15H14N2O3S/c18-15-9-7-19-6-5-10(9)16-14(17-15)12-8-21-13-4-2-1-3-11(13)20-12/h1-4,12H,5-8H2,(H,16,17,18). The van der Waals surface area contributed by atoms with Gasteiger partial charge in [0, 0.05) is 17.1 Å². The molecule has 2 aliphatic heterocycles. The van der Waals surface area contributed by atoms with E-state index in [4.69, 9.17) is 9.47 Å². The number of rotatable bonds is 1. The van der Waals surface area contributed by atoms with Crippen LogP contribution in [0.15, 0.2) is 34.0 Å². The first-order valence-corrected chi connectivity index (χ1v) is 7.88. The van der Waals surface area contributed by atoms with Crippen LogP contribution < -0.4 is 10.3 Å². The third kappa shape index (κ3) is 2.34. The van der Waals surface area contributed by atoms with Crippen LogP contribution in [0.3, 0.4) is 0 Å². The zero-order chi connectivity index (χ0) is 14.2. The molecule has 0 saturated heterocycles. The fourth-order valence-electron chi connectivity index (χ4n) is 2.57. The summed E-state index contributed by atoms with van der Waals surface area (Å²) in [5.41, 5.74) is 1.38. The van der Waals surface area contributed by atoms with E-state index in [1.165, 1.54) is 0 Å². The number of nitrogens with zero attached hydrogens (tertiary/aromatic N) is 1. The largest absolute Gasteiger partial charge is 0.480 e. The highest BCUT2D eigenvalue weighted by atomic mass is 32.2. The number of thioether (sulfide) groups is 1. The van der Waals surface area contributed by atoms with E-state index in [0.717, 1.165) is 22.1 Å². The van der Waals surface area contributed by atoms with Gasteiger partial charge < -0.3 is 14.5 Å². The van der Waals surface area contributed by atoms with Gasteiger partial charge in [-0.15, -0.1) is 11.8 Å². The first kappa shape index (κ1) is 12.9. The average Bonchev–Trinajstić information content (AvgIpc) is 2.54. The van der Waals surface area contributed by atoms with Crippen molar-refractivity contribution in [3.8, 4) is 5.75 Å². The second kappa shape index (κ2) is 5.20. The van der Waals surface area contributed by atoms with Gasteiger partial charge in [-0.1, -0.05) is 12.1 Å². The lowest BCUT2D eigenvalue weighted by Crippen LogP contribution is -2.28. The minimum atomic E-state index is -0.217. The summed E-state index contributed by atoms with van der Waals surface area (Å²) in [5.74, 6) is 2.21. The van der Waals surface area contributed by atoms with Crippen molar-refractivity contribution in [1.29, 1.82) is 0 Å². The Balaban J connectivity index is 1.69. The van der Waals surface area contributed by atoms with Crippen LogP contribution in [0.5, 0.6) is 5.75 Å². The highest BCUT2D eigenvalue weighted by Gasteiger charge is 2.25. The van der Waals surface area contributed by atoms with Gasteiger partial charge in [0.25, 0.3) is 5.56 Å². The molecule has 3 heterocycles. The molecular formula is C15H14N2O3S. The smallest absolute Gasteiger partial charge is 0.256 e. The summed E-state index contributed by atoms with van der Waals surface area (Å²) in [4.78, 5) is 20.7. The second-order valence-electron chi connectivity index (χ2n) is 5.04. The molecule has 2 aromatic rings. The molecular weight excluding hydrogens is 288 g/mol. The van der Waals surface area contributed by atoms with Gasteiger partial charge in [0.1, 0.15) is 5.75 Å². The zero-order valence-corrected chi connectivity index (χ0v) is 12.1. The lowest BCUT2D eigenvalue weighted by atomic mass is 10.1. The van der Waals surface area contributed by atoms with Crippen molar-refractivity contribution in [2.75, 3.05) is 12.4 Å². The summed E-state index contributed by atoms with van der Waals surface area (Å²) in [6.45, 7) is 0.965. The predicted octanol–water partition coefficient (Wildman–Crippen LogP) is 2.07. The lowest BCUT2D eigenvalue weighted by molar-refractivity contribution is 0.107. The third-order valence-corrected chi connectivity index (χ3v) is 4.78. The molecule has 108 valence electrons. The highest BCUT2D eigenvalue weighted by molar-refractivity contribution is 7.99. The van der Waals surface area contributed by atoms with Crippen LogP contribution in [0.1, 0.15) is 23.2 Å². The maximum absolute atomic E-state index is 12.1. The Morgan fingerprint density at radius 3 is 3.19 bits per heavy atom. The molecule has 0 saturated carbocycles. The van der Waals surface area contributed by atoms with Crippen LogP contribution in [-0.2, 0) is 17.8 Å². The van der Waals surface area contributed by atoms with Gasteiger partial charge in [0.2, 0.25) is 0 Å². The Hall–Kier alpha value is -1.79. The molecule has 1 unspecified atom stereocenters. The fraction of sp³-hybridized carbons (Fsp3) is 0.333. The van der Waals surface area contributed by atoms with Crippen molar-refractivity contribution in [2.24, 2.45) is 0 Å². The van der Waals surface area contributed by atoms with E-state index in [0.29, 0.717) is 31.0 Å². The number of aromatic amines is 1. The van der Waals surface area contributed by atoms with E-state index >= 15 is 0 Å². The number of nitrogens with one attached hydrogen (secondary N) is 1. The number of hydrogen-bond donors (Lipinski definition) is 1. The summed E-state index contributed by atoms with van der Waals surface area (Å²) < 4.78 is 11.3. The highest BCUT2D eigenvalue weighted by Crippen LogP contribution is 2.39.